The highest BCUT2D eigenvalue weighted by Crippen LogP contribution is 2.36. The van der Waals surface area contributed by atoms with Gasteiger partial charge in [0.1, 0.15) is 5.82 Å². The molecule has 2 saturated carbocycles. The van der Waals surface area contributed by atoms with E-state index < -0.39 is 5.82 Å². The Morgan fingerprint density at radius 3 is 2.61 bits per heavy atom. The highest BCUT2D eigenvalue weighted by Gasteiger charge is 2.38. The van der Waals surface area contributed by atoms with Gasteiger partial charge in [-0.2, -0.15) is 0 Å². The topological polar surface area (TPSA) is 20.3 Å². The smallest absolute Gasteiger partial charge is 0.258 e. The second kappa shape index (κ2) is 4.65. The SMILES string of the molecule is O=C(c1c(F)cccc1Br)N(CC1CC1)C1CC1. The van der Waals surface area contributed by atoms with Crippen molar-refractivity contribution < 1.29 is 9.18 Å². The first-order valence-corrected chi connectivity index (χ1v) is 7.21. The number of carbonyl (C=O) groups is 1. The van der Waals surface area contributed by atoms with E-state index in [-0.39, 0.29) is 11.5 Å². The average Bonchev–Trinajstić information content (AvgIpc) is 3.18. The first-order chi connectivity index (χ1) is 8.66. The third-order valence-corrected chi connectivity index (χ3v) is 4.24. The van der Waals surface area contributed by atoms with Crippen LogP contribution in [0, 0.1) is 11.7 Å². The van der Waals surface area contributed by atoms with Crippen molar-refractivity contribution in [1.29, 1.82) is 0 Å². The van der Waals surface area contributed by atoms with Gasteiger partial charge in [0, 0.05) is 17.1 Å². The highest BCUT2D eigenvalue weighted by atomic mass is 79.9. The predicted octanol–water partition coefficient (Wildman–Crippen LogP) is 3.60. The summed E-state index contributed by atoms with van der Waals surface area (Å²) < 4.78 is 14.4. The lowest BCUT2D eigenvalue weighted by Gasteiger charge is -2.23. The summed E-state index contributed by atoms with van der Waals surface area (Å²) in [4.78, 5) is 14.4. The zero-order valence-corrected chi connectivity index (χ0v) is 11.6. The number of carbonyl (C=O) groups excluding carboxylic acids is 1. The highest BCUT2D eigenvalue weighted by molar-refractivity contribution is 9.10. The number of amides is 1. The van der Waals surface area contributed by atoms with Crippen LogP contribution in [0.15, 0.2) is 22.7 Å². The zero-order valence-electron chi connectivity index (χ0n) is 10.0. The van der Waals surface area contributed by atoms with Crippen LogP contribution in [-0.2, 0) is 0 Å². The number of hydrogen-bond donors (Lipinski definition) is 0. The van der Waals surface area contributed by atoms with Gasteiger partial charge in [-0.1, -0.05) is 6.07 Å². The van der Waals surface area contributed by atoms with Gasteiger partial charge in [-0.25, -0.2) is 4.39 Å². The molecule has 18 heavy (non-hydrogen) atoms. The summed E-state index contributed by atoms with van der Waals surface area (Å²) in [5, 5.41) is 0. The van der Waals surface area contributed by atoms with Crippen molar-refractivity contribution in [1.82, 2.24) is 4.90 Å². The molecule has 1 aromatic carbocycles. The first-order valence-electron chi connectivity index (χ1n) is 6.42. The van der Waals surface area contributed by atoms with Gasteiger partial charge in [-0.15, -0.1) is 0 Å². The quantitative estimate of drug-likeness (QED) is 0.832. The van der Waals surface area contributed by atoms with Crippen molar-refractivity contribution in [2.75, 3.05) is 6.54 Å². The van der Waals surface area contributed by atoms with E-state index in [1.54, 1.807) is 12.1 Å². The Balaban J connectivity index is 1.86. The van der Waals surface area contributed by atoms with Crippen LogP contribution in [-0.4, -0.2) is 23.4 Å². The lowest BCUT2D eigenvalue weighted by atomic mass is 10.1. The summed E-state index contributed by atoms with van der Waals surface area (Å²) in [5.74, 6) is 0.0466. The molecule has 2 aliphatic carbocycles. The normalized spacial score (nSPS) is 18.8. The first kappa shape index (κ1) is 12.2. The van der Waals surface area contributed by atoms with E-state index in [1.165, 1.54) is 18.9 Å². The fourth-order valence-electron chi connectivity index (χ4n) is 2.21. The van der Waals surface area contributed by atoms with Crippen molar-refractivity contribution in [2.24, 2.45) is 5.92 Å². The average molecular weight is 312 g/mol. The van der Waals surface area contributed by atoms with E-state index in [4.69, 9.17) is 0 Å². The molecule has 2 nitrogen and oxygen atoms in total. The van der Waals surface area contributed by atoms with E-state index in [0.717, 1.165) is 19.4 Å². The molecule has 1 aromatic rings. The van der Waals surface area contributed by atoms with Gasteiger partial charge in [0.05, 0.1) is 5.56 Å². The third kappa shape index (κ3) is 2.44. The number of rotatable bonds is 4. The van der Waals surface area contributed by atoms with E-state index in [9.17, 15) is 9.18 Å². The standard InChI is InChI=1S/C14H15BrFNO/c15-11-2-1-3-12(16)13(11)14(18)17(10-6-7-10)8-9-4-5-9/h1-3,9-10H,4-8H2. The summed E-state index contributed by atoms with van der Waals surface area (Å²) in [7, 11) is 0. The van der Waals surface area contributed by atoms with Crippen LogP contribution in [0.4, 0.5) is 4.39 Å². The van der Waals surface area contributed by atoms with Gasteiger partial charge in [0.2, 0.25) is 0 Å². The molecule has 3 rings (SSSR count). The summed E-state index contributed by atoms with van der Waals surface area (Å²) in [6.07, 6.45) is 4.53. The van der Waals surface area contributed by atoms with Gasteiger partial charge in [0.25, 0.3) is 5.91 Å². The van der Waals surface area contributed by atoms with E-state index in [2.05, 4.69) is 15.9 Å². The molecule has 2 aliphatic rings. The van der Waals surface area contributed by atoms with E-state index >= 15 is 0 Å². The Morgan fingerprint density at radius 1 is 1.33 bits per heavy atom. The molecule has 0 unspecified atom stereocenters. The molecule has 0 spiro atoms. The van der Waals surface area contributed by atoms with Gasteiger partial charge in [-0.3, -0.25) is 4.79 Å². The maximum Gasteiger partial charge on any atom is 0.258 e. The van der Waals surface area contributed by atoms with Crippen LogP contribution < -0.4 is 0 Å². The number of nitrogens with zero attached hydrogens (tertiary/aromatic N) is 1. The molecule has 2 fully saturated rings. The molecule has 0 radical (unpaired) electrons. The fraction of sp³-hybridized carbons (Fsp3) is 0.500. The number of hydrogen-bond acceptors (Lipinski definition) is 1. The molecule has 4 heteroatoms. The minimum atomic E-state index is -0.434. The van der Waals surface area contributed by atoms with Gasteiger partial charge < -0.3 is 4.90 Å². The second-order valence-electron chi connectivity index (χ2n) is 5.23. The van der Waals surface area contributed by atoms with Crippen LogP contribution in [0.5, 0.6) is 0 Å². The van der Waals surface area contributed by atoms with Gasteiger partial charge >= 0.3 is 0 Å². The zero-order chi connectivity index (χ0) is 12.7. The van der Waals surface area contributed by atoms with Crippen molar-refractivity contribution in [2.45, 2.75) is 31.7 Å². The Hall–Kier alpha value is -0.900. The molecule has 0 heterocycles. The maximum atomic E-state index is 13.8. The van der Waals surface area contributed by atoms with Crippen LogP contribution in [0.3, 0.4) is 0 Å². The molecule has 0 atom stereocenters. The van der Waals surface area contributed by atoms with Crippen LogP contribution >= 0.6 is 15.9 Å². The summed E-state index contributed by atoms with van der Waals surface area (Å²) in [5.41, 5.74) is 0.185. The lowest BCUT2D eigenvalue weighted by molar-refractivity contribution is 0.0729. The maximum absolute atomic E-state index is 13.8. The van der Waals surface area contributed by atoms with Crippen molar-refractivity contribution in [3.05, 3.63) is 34.1 Å². The summed E-state index contributed by atoms with van der Waals surface area (Å²) in [6, 6.07) is 5.02. The van der Waals surface area contributed by atoms with E-state index in [0.29, 0.717) is 16.4 Å². The lowest BCUT2D eigenvalue weighted by Crippen LogP contribution is -2.35. The molecule has 0 aliphatic heterocycles. The van der Waals surface area contributed by atoms with Crippen molar-refractivity contribution in [3.63, 3.8) is 0 Å². The minimum Gasteiger partial charge on any atom is -0.335 e. The Kier molecular flexibility index (Phi) is 3.14. The molecule has 0 aromatic heterocycles. The second-order valence-corrected chi connectivity index (χ2v) is 6.08. The largest absolute Gasteiger partial charge is 0.335 e. The Morgan fingerprint density at radius 2 is 2.06 bits per heavy atom. The summed E-state index contributed by atoms with van der Waals surface area (Å²) in [6.45, 7) is 0.796. The van der Waals surface area contributed by atoms with Gasteiger partial charge in [0.15, 0.2) is 0 Å². The molecule has 0 saturated heterocycles. The van der Waals surface area contributed by atoms with Gasteiger partial charge in [-0.05, 0) is 59.7 Å². The van der Waals surface area contributed by atoms with Crippen LogP contribution in [0.1, 0.15) is 36.0 Å². The minimum absolute atomic E-state index is 0.158. The number of benzene rings is 1. The molecule has 1 amide bonds. The fourth-order valence-corrected chi connectivity index (χ4v) is 2.72. The monoisotopic (exact) mass is 311 g/mol. The Labute approximate surface area is 114 Å². The van der Waals surface area contributed by atoms with Crippen molar-refractivity contribution >= 4 is 21.8 Å². The molecule has 0 bridgehead atoms. The van der Waals surface area contributed by atoms with Crippen molar-refractivity contribution in [3.8, 4) is 0 Å². The van der Waals surface area contributed by atoms with E-state index in [1.807, 2.05) is 4.90 Å². The third-order valence-electron chi connectivity index (χ3n) is 3.58. The van der Waals surface area contributed by atoms with Crippen LogP contribution in [0.2, 0.25) is 0 Å². The summed E-state index contributed by atoms with van der Waals surface area (Å²) >= 11 is 3.28. The molecular weight excluding hydrogens is 297 g/mol. The molecule has 96 valence electrons. The number of halogens is 2. The van der Waals surface area contributed by atoms with Crippen LogP contribution in [0.25, 0.3) is 0 Å². The molecule has 0 N–H and O–H groups in total. The predicted molar refractivity (Wildman–Crippen MR) is 70.9 cm³/mol. The Bertz CT molecular complexity index is 462. The molecular formula is C14H15BrFNO.